The number of ether oxygens (including phenoxy) is 2. The maximum Gasteiger partial charge on any atom is 0.133 e. The third-order valence-corrected chi connectivity index (χ3v) is 11.6. The average molecular weight is 703 g/mol. The average Bonchev–Trinajstić information content (AvgIpc) is 3.12. The van der Waals surface area contributed by atoms with E-state index in [2.05, 4.69) is 58.9 Å². The quantitative estimate of drug-likeness (QED) is 0.0754. The standard InChI is InChI=1S/C48H66N2O2/c1-6-7-8-9-10-11-12-13-14-15-16-17-20-39-25-27-48(28-26-39,40-29-35(2)46(36(3)30-40)51-44-23-18-21-42(49)33-44)41-31-37(4)47(38(5)32-41)52-45-24-19-22-43(50)34-45/h18-19,21-24,29-34,39H,6-17,20,25-28,49-50H2,1-5H3. The Bertz CT molecular complexity index is 1570. The Morgan fingerprint density at radius 2 is 0.923 bits per heavy atom. The van der Waals surface area contributed by atoms with Gasteiger partial charge in [-0.15, -0.1) is 0 Å². The number of benzene rings is 4. The summed E-state index contributed by atoms with van der Waals surface area (Å²) in [6.45, 7) is 11.0. The van der Waals surface area contributed by atoms with Crippen molar-refractivity contribution in [2.24, 2.45) is 5.92 Å². The molecule has 1 fully saturated rings. The van der Waals surface area contributed by atoms with Crippen LogP contribution in [0.3, 0.4) is 0 Å². The van der Waals surface area contributed by atoms with E-state index in [9.17, 15) is 0 Å². The number of hydrogen-bond donors (Lipinski definition) is 2. The summed E-state index contributed by atoms with van der Waals surface area (Å²) in [5.74, 6) is 4.19. The van der Waals surface area contributed by atoms with Gasteiger partial charge in [-0.1, -0.05) is 127 Å². The number of aryl methyl sites for hydroxylation is 4. The highest BCUT2D eigenvalue weighted by Gasteiger charge is 2.39. The van der Waals surface area contributed by atoms with Gasteiger partial charge in [-0.05, 0) is 117 Å². The van der Waals surface area contributed by atoms with Crippen LogP contribution in [-0.4, -0.2) is 0 Å². The Morgan fingerprint density at radius 1 is 0.538 bits per heavy atom. The number of nitrogens with two attached hydrogens (primary N) is 2. The minimum Gasteiger partial charge on any atom is -0.457 e. The van der Waals surface area contributed by atoms with Gasteiger partial charge in [0.15, 0.2) is 0 Å². The van der Waals surface area contributed by atoms with Crippen LogP contribution in [0.15, 0.2) is 72.8 Å². The molecule has 52 heavy (non-hydrogen) atoms. The van der Waals surface area contributed by atoms with E-state index in [1.54, 1.807) is 0 Å². The van der Waals surface area contributed by atoms with Crippen LogP contribution < -0.4 is 20.9 Å². The molecule has 0 atom stereocenters. The van der Waals surface area contributed by atoms with Gasteiger partial charge >= 0.3 is 0 Å². The van der Waals surface area contributed by atoms with Gasteiger partial charge in [0.1, 0.15) is 23.0 Å². The lowest BCUT2D eigenvalue weighted by molar-refractivity contribution is 0.249. The Kier molecular flexibility index (Phi) is 14.5. The monoisotopic (exact) mass is 703 g/mol. The lowest BCUT2D eigenvalue weighted by Crippen LogP contribution is -2.33. The van der Waals surface area contributed by atoms with E-state index in [1.807, 2.05) is 48.5 Å². The minimum absolute atomic E-state index is 0.0660. The maximum absolute atomic E-state index is 6.44. The van der Waals surface area contributed by atoms with Crippen molar-refractivity contribution in [1.82, 2.24) is 0 Å². The van der Waals surface area contributed by atoms with Gasteiger partial charge in [0, 0.05) is 28.9 Å². The first-order valence-electron chi connectivity index (χ1n) is 20.5. The third-order valence-electron chi connectivity index (χ3n) is 11.6. The van der Waals surface area contributed by atoms with E-state index in [0.29, 0.717) is 11.4 Å². The van der Waals surface area contributed by atoms with Crippen LogP contribution in [0.1, 0.15) is 149 Å². The lowest BCUT2D eigenvalue weighted by atomic mass is 9.62. The fourth-order valence-corrected chi connectivity index (χ4v) is 8.64. The van der Waals surface area contributed by atoms with Crippen LogP contribution in [-0.2, 0) is 5.41 Å². The van der Waals surface area contributed by atoms with Crippen LogP contribution in [0.4, 0.5) is 11.4 Å². The van der Waals surface area contributed by atoms with E-state index in [-0.39, 0.29) is 5.41 Å². The van der Waals surface area contributed by atoms with E-state index in [1.165, 1.54) is 107 Å². The molecule has 0 unspecified atom stereocenters. The SMILES string of the molecule is CCCCCCCCCCCCCCC1CCC(c2cc(C)c(Oc3cccc(N)c3)c(C)c2)(c2cc(C)c(Oc3cccc(N)c3)c(C)c2)CC1. The highest BCUT2D eigenvalue weighted by molar-refractivity contribution is 5.55. The predicted octanol–water partition coefficient (Wildman–Crippen LogP) is 14.2. The summed E-state index contributed by atoms with van der Waals surface area (Å²) >= 11 is 0. The van der Waals surface area contributed by atoms with Crippen molar-refractivity contribution >= 4 is 11.4 Å². The second-order valence-corrected chi connectivity index (χ2v) is 15.9. The molecule has 4 aromatic rings. The molecule has 0 bridgehead atoms. The first-order chi connectivity index (χ1) is 25.2. The highest BCUT2D eigenvalue weighted by Crippen LogP contribution is 2.50. The molecule has 0 heterocycles. The van der Waals surface area contributed by atoms with Crippen molar-refractivity contribution in [3.05, 3.63) is 106 Å². The van der Waals surface area contributed by atoms with Crippen LogP contribution >= 0.6 is 0 Å². The van der Waals surface area contributed by atoms with Gasteiger partial charge in [0.25, 0.3) is 0 Å². The molecule has 0 aliphatic heterocycles. The van der Waals surface area contributed by atoms with Gasteiger partial charge in [-0.25, -0.2) is 0 Å². The molecule has 4 nitrogen and oxygen atoms in total. The molecule has 0 saturated heterocycles. The van der Waals surface area contributed by atoms with Gasteiger partial charge < -0.3 is 20.9 Å². The molecular formula is C48H66N2O2. The Balaban J connectivity index is 1.29. The summed E-state index contributed by atoms with van der Waals surface area (Å²) in [6.07, 6.45) is 23.1. The van der Waals surface area contributed by atoms with Gasteiger partial charge in [-0.2, -0.15) is 0 Å². The molecule has 4 N–H and O–H groups in total. The van der Waals surface area contributed by atoms with Crippen LogP contribution in [0.2, 0.25) is 0 Å². The second kappa shape index (κ2) is 19.2. The predicted molar refractivity (Wildman–Crippen MR) is 222 cm³/mol. The van der Waals surface area contributed by atoms with Crippen molar-refractivity contribution < 1.29 is 9.47 Å². The summed E-state index contributed by atoms with van der Waals surface area (Å²) < 4.78 is 12.9. The summed E-state index contributed by atoms with van der Waals surface area (Å²) in [5, 5.41) is 0. The lowest BCUT2D eigenvalue weighted by Gasteiger charge is -2.42. The summed E-state index contributed by atoms with van der Waals surface area (Å²) in [4.78, 5) is 0. The van der Waals surface area contributed by atoms with E-state index >= 15 is 0 Å². The number of rotatable bonds is 19. The summed E-state index contributed by atoms with van der Waals surface area (Å²) in [5.41, 5.74) is 20.9. The number of hydrogen-bond acceptors (Lipinski definition) is 4. The molecular weight excluding hydrogens is 637 g/mol. The minimum atomic E-state index is -0.0660. The molecule has 1 aliphatic carbocycles. The molecule has 1 saturated carbocycles. The zero-order chi connectivity index (χ0) is 36.9. The fourth-order valence-electron chi connectivity index (χ4n) is 8.64. The largest absolute Gasteiger partial charge is 0.457 e. The first kappa shape index (κ1) is 39.3. The normalized spacial score (nSPS) is 14.4. The van der Waals surface area contributed by atoms with Crippen molar-refractivity contribution in [3.8, 4) is 23.0 Å². The van der Waals surface area contributed by atoms with Crippen LogP contribution in [0.5, 0.6) is 23.0 Å². The van der Waals surface area contributed by atoms with Crippen molar-refractivity contribution in [2.45, 2.75) is 149 Å². The summed E-state index contributed by atoms with van der Waals surface area (Å²) in [6, 6.07) is 25.0. The van der Waals surface area contributed by atoms with Gasteiger partial charge in [0.05, 0.1) is 0 Å². The number of unbranched alkanes of at least 4 members (excludes halogenated alkanes) is 11. The smallest absolute Gasteiger partial charge is 0.133 e. The molecule has 4 aromatic carbocycles. The van der Waals surface area contributed by atoms with E-state index in [4.69, 9.17) is 20.9 Å². The van der Waals surface area contributed by atoms with Crippen molar-refractivity contribution in [1.29, 1.82) is 0 Å². The van der Waals surface area contributed by atoms with E-state index in [0.717, 1.165) is 64.0 Å². The summed E-state index contributed by atoms with van der Waals surface area (Å²) in [7, 11) is 0. The van der Waals surface area contributed by atoms with Crippen LogP contribution in [0, 0.1) is 33.6 Å². The molecule has 0 amide bonds. The molecule has 0 aromatic heterocycles. The zero-order valence-electron chi connectivity index (χ0n) is 33.0. The van der Waals surface area contributed by atoms with E-state index < -0.39 is 0 Å². The number of anilines is 2. The maximum atomic E-state index is 6.44. The molecule has 280 valence electrons. The van der Waals surface area contributed by atoms with Crippen LogP contribution in [0.25, 0.3) is 0 Å². The zero-order valence-corrected chi connectivity index (χ0v) is 33.0. The first-order valence-corrected chi connectivity index (χ1v) is 20.5. The highest BCUT2D eigenvalue weighted by atomic mass is 16.5. The Morgan fingerprint density at radius 3 is 1.31 bits per heavy atom. The second-order valence-electron chi connectivity index (χ2n) is 15.9. The Hall–Kier alpha value is -3.92. The van der Waals surface area contributed by atoms with Gasteiger partial charge in [-0.3, -0.25) is 0 Å². The fraction of sp³-hybridized carbons (Fsp3) is 0.500. The van der Waals surface area contributed by atoms with Crippen molar-refractivity contribution in [3.63, 3.8) is 0 Å². The molecule has 0 spiro atoms. The van der Waals surface area contributed by atoms with Crippen molar-refractivity contribution in [2.75, 3.05) is 11.5 Å². The molecule has 4 heteroatoms. The topological polar surface area (TPSA) is 70.5 Å². The molecule has 1 aliphatic rings. The van der Waals surface area contributed by atoms with Gasteiger partial charge in [0.2, 0.25) is 0 Å². The third kappa shape index (κ3) is 10.6. The molecule has 5 rings (SSSR count). The number of nitrogen functional groups attached to an aromatic ring is 2. The molecule has 0 radical (unpaired) electrons. The Labute approximate surface area is 315 Å².